The molecule has 0 atom stereocenters. The van der Waals surface area contributed by atoms with Crippen LogP contribution in [0.15, 0.2) is 29.1 Å². The summed E-state index contributed by atoms with van der Waals surface area (Å²) in [7, 11) is 1.53. The van der Waals surface area contributed by atoms with Gasteiger partial charge in [0.1, 0.15) is 23.6 Å². The van der Waals surface area contributed by atoms with Crippen molar-refractivity contribution in [3.63, 3.8) is 0 Å². The first-order valence-electron chi connectivity index (χ1n) is 9.21. The first kappa shape index (κ1) is 18.6. The number of aryl methyl sites for hydroxylation is 2. The van der Waals surface area contributed by atoms with Crippen LogP contribution in [0.25, 0.3) is 11.0 Å². The molecule has 1 aliphatic rings. The molecule has 146 valence electrons. The Hall–Kier alpha value is -2.80. The summed E-state index contributed by atoms with van der Waals surface area (Å²) in [5.41, 5.74) is 2.44. The number of halogens is 1. The number of carbonyl (C=O) groups is 1. The van der Waals surface area contributed by atoms with Crippen LogP contribution < -0.4 is 15.6 Å². The zero-order valence-corrected chi connectivity index (χ0v) is 16.5. The SMILES string of the molecule is COc1ccc(NC(=O)Cn2c(C)cc3nc4n(c(=O)c32)CCCC4)cc1Cl. The van der Waals surface area contributed by atoms with Gasteiger partial charge >= 0.3 is 0 Å². The molecule has 1 N–H and O–H groups in total. The summed E-state index contributed by atoms with van der Waals surface area (Å²) >= 11 is 6.11. The third kappa shape index (κ3) is 3.26. The highest BCUT2D eigenvalue weighted by molar-refractivity contribution is 6.32. The fraction of sp³-hybridized carbons (Fsp3) is 0.350. The molecule has 8 heteroatoms. The van der Waals surface area contributed by atoms with Crippen LogP contribution in [-0.4, -0.2) is 27.1 Å². The second-order valence-electron chi connectivity index (χ2n) is 6.95. The van der Waals surface area contributed by atoms with E-state index in [1.54, 1.807) is 27.3 Å². The molecular formula is C20H21ClN4O3. The molecule has 4 rings (SSSR count). The molecule has 0 fully saturated rings. The average Bonchev–Trinajstić information content (AvgIpc) is 2.97. The number of aromatic nitrogens is 3. The van der Waals surface area contributed by atoms with E-state index in [0.717, 1.165) is 30.8 Å². The van der Waals surface area contributed by atoms with Gasteiger partial charge in [-0.2, -0.15) is 0 Å². The van der Waals surface area contributed by atoms with Gasteiger partial charge in [-0.05, 0) is 44.0 Å². The minimum Gasteiger partial charge on any atom is -0.495 e. The zero-order chi connectivity index (χ0) is 19.8. The molecule has 0 unspecified atom stereocenters. The number of fused-ring (bicyclic) bond motifs is 2. The van der Waals surface area contributed by atoms with E-state index in [2.05, 4.69) is 10.3 Å². The Labute approximate surface area is 166 Å². The van der Waals surface area contributed by atoms with Crippen LogP contribution in [-0.2, 0) is 24.3 Å². The summed E-state index contributed by atoms with van der Waals surface area (Å²) in [6, 6.07) is 6.91. The Morgan fingerprint density at radius 3 is 2.89 bits per heavy atom. The standard InChI is InChI=1S/C20H21ClN4O3/c1-12-9-15-19(20(27)24-8-4-3-5-17(24)23-15)25(12)11-18(26)22-13-6-7-16(28-2)14(21)10-13/h6-7,9-10H,3-5,8,11H2,1-2H3,(H,22,26). The molecule has 0 radical (unpaired) electrons. The Morgan fingerprint density at radius 2 is 2.14 bits per heavy atom. The second kappa shape index (κ2) is 7.31. The smallest absolute Gasteiger partial charge is 0.278 e. The molecule has 1 amide bonds. The van der Waals surface area contributed by atoms with E-state index in [1.165, 1.54) is 7.11 Å². The van der Waals surface area contributed by atoms with E-state index in [1.807, 2.05) is 13.0 Å². The summed E-state index contributed by atoms with van der Waals surface area (Å²) in [6.07, 6.45) is 2.83. The van der Waals surface area contributed by atoms with Crippen LogP contribution in [0.1, 0.15) is 24.4 Å². The van der Waals surface area contributed by atoms with Crippen molar-refractivity contribution in [2.24, 2.45) is 0 Å². The Balaban J connectivity index is 1.64. The molecule has 0 spiro atoms. The Bertz CT molecular complexity index is 1130. The zero-order valence-electron chi connectivity index (χ0n) is 15.8. The fourth-order valence-electron chi connectivity index (χ4n) is 3.68. The molecule has 0 saturated heterocycles. The average molecular weight is 401 g/mol. The van der Waals surface area contributed by atoms with E-state index in [0.29, 0.717) is 34.0 Å². The topological polar surface area (TPSA) is 78.2 Å². The lowest BCUT2D eigenvalue weighted by Crippen LogP contribution is -2.30. The lowest BCUT2D eigenvalue weighted by molar-refractivity contribution is -0.116. The quantitative estimate of drug-likeness (QED) is 0.729. The van der Waals surface area contributed by atoms with E-state index >= 15 is 0 Å². The number of ether oxygens (including phenoxy) is 1. The normalized spacial score (nSPS) is 13.4. The van der Waals surface area contributed by atoms with Crippen LogP contribution in [0.5, 0.6) is 5.75 Å². The lowest BCUT2D eigenvalue weighted by Gasteiger charge is -2.17. The van der Waals surface area contributed by atoms with E-state index in [9.17, 15) is 9.59 Å². The van der Waals surface area contributed by atoms with Crippen molar-refractivity contribution in [3.05, 3.63) is 51.2 Å². The van der Waals surface area contributed by atoms with Gasteiger partial charge < -0.3 is 14.6 Å². The van der Waals surface area contributed by atoms with Gasteiger partial charge in [0.15, 0.2) is 0 Å². The number of nitrogens with zero attached hydrogens (tertiary/aromatic N) is 3. The van der Waals surface area contributed by atoms with Gasteiger partial charge in [-0.25, -0.2) is 4.98 Å². The van der Waals surface area contributed by atoms with Crippen LogP contribution in [0, 0.1) is 6.92 Å². The molecule has 0 bridgehead atoms. The van der Waals surface area contributed by atoms with Crippen LogP contribution in [0.2, 0.25) is 5.02 Å². The maximum absolute atomic E-state index is 13.0. The number of amides is 1. The minimum atomic E-state index is -0.246. The first-order chi connectivity index (χ1) is 13.5. The molecule has 7 nitrogen and oxygen atoms in total. The third-order valence-electron chi connectivity index (χ3n) is 5.06. The van der Waals surface area contributed by atoms with Gasteiger partial charge in [0.05, 0.1) is 17.6 Å². The van der Waals surface area contributed by atoms with Crippen molar-refractivity contribution in [2.45, 2.75) is 39.3 Å². The number of benzene rings is 1. The second-order valence-corrected chi connectivity index (χ2v) is 7.35. The van der Waals surface area contributed by atoms with Crippen LogP contribution in [0.3, 0.4) is 0 Å². The summed E-state index contributed by atoms with van der Waals surface area (Å²) in [4.78, 5) is 30.3. The molecular weight excluding hydrogens is 380 g/mol. The molecule has 0 aliphatic carbocycles. The van der Waals surface area contributed by atoms with Crippen molar-refractivity contribution in [1.29, 1.82) is 0 Å². The molecule has 28 heavy (non-hydrogen) atoms. The van der Waals surface area contributed by atoms with Gasteiger partial charge in [0, 0.05) is 24.3 Å². The predicted octanol–water partition coefficient (Wildman–Crippen LogP) is 3.14. The largest absolute Gasteiger partial charge is 0.495 e. The molecule has 3 heterocycles. The van der Waals surface area contributed by atoms with E-state index in [4.69, 9.17) is 16.3 Å². The maximum atomic E-state index is 13.0. The molecule has 0 saturated carbocycles. The number of hydrogen-bond donors (Lipinski definition) is 1. The van der Waals surface area contributed by atoms with Crippen LogP contribution >= 0.6 is 11.6 Å². The summed E-state index contributed by atoms with van der Waals surface area (Å²) in [5, 5.41) is 3.23. The van der Waals surface area contributed by atoms with Crippen LogP contribution in [0.4, 0.5) is 5.69 Å². The first-order valence-corrected chi connectivity index (χ1v) is 9.58. The van der Waals surface area contributed by atoms with Crippen molar-refractivity contribution < 1.29 is 9.53 Å². The van der Waals surface area contributed by atoms with Gasteiger partial charge in [0.2, 0.25) is 5.91 Å². The number of hydrogen-bond acceptors (Lipinski definition) is 4. The lowest BCUT2D eigenvalue weighted by atomic mass is 10.1. The van der Waals surface area contributed by atoms with Gasteiger partial charge in [-0.1, -0.05) is 11.6 Å². The van der Waals surface area contributed by atoms with Crippen molar-refractivity contribution in [1.82, 2.24) is 14.1 Å². The van der Waals surface area contributed by atoms with Gasteiger partial charge in [-0.15, -0.1) is 0 Å². The summed E-state index contributed by atoms with van der Waals surface area (Å²) in [6.45, 7) is 2.58. The highest BCUT2D eigenvalue weighted by Crippen LogP contribution is 2.27. The van der Waals surface area contributed by atoms with Gasteiger partial charge in [0.25, 0.3) is 5.56 Å². The molecule has 2 aromatic heterocycles. The predicted molar refractivity (Wildman–Crippen MR) is 108 cm³/mol. The third-order valence-corrected chi connectivity index (χ3v) is 5.36. The molecule has 3 aromatic rings. The van der Waals surface area contributed by atoms with Crippen molar-refractivity contribution >= 4 is 34.2 Å². The number of methoxy groups -OCH3 is 1. The number of nitrogens with one attached hydrogen (secondary N) is 1. The number of rotatable bonds is 4. The highest BCUT2D eigenvalue weighted by Gasteiger charge is 2.20. The van der Waals surface area contributed by atoms with E-state index in [-0.39, 0.29) is 18.0 Å². The molecule has 1 aliphatic heterocycles. The van der Waals surface area contributed by atoms with Crippen molar-refractivity contribution in [3.8, 4) is 5.75 Å². The monoisotopic (exact) mass is 400 g/mol. The number of anilines is 1. The number of carbonyl (C=O) groups excluding carboxylic acids is 1. The van der Waals surface area contributed by atoms with Crippen molar-refractivity contribution in [2.75, 3.05) is 12.4 Å². The summed E-state index contributed by atoms with van der Waals surface area (Å²) in [5.74, 6) is 1.12. The highest BCUT2D eigenvalue weighted by atomic mass is 35.5. The fourth-order valence-corrected chi connectivity index (χ4v) is 3.94. The summed E-state index contributed by atoms with van der Waals surface area (Å²) < 4.78 is 8.59. The van der Waals surface area contributed by atoms with E-state index < -0.39 is 0 Å². The Kier molecular flexibility index (Phi) is 4.85. The van der Waals surface area contributed by atoms with Gasteiger partial charge in [-0.3, -0.25) is 14.2 Å². The minimum absolute atomic E-state index is 0.0231. The Morgan fingerprint density at radius 1 is 1.32 bits per heavy atom. The molecule has 1 aromatic carbocycles. The maximum Gasteiger partial charge on any atom is 0.278 e.